The fraction of sp³-hybridized carbons (Fsp3) is 1.00. The smallest absolute Gasteiger partial charge is 0.811 e. The summed E-state index contributed by atoms with van der Waals surface area (Å²) < 4.78 is 10.2. The van der Waals surface area contributed by atoms with Gasteiger partial charge in [-0.1, -0.05) is 86.7 Å². The lowest BCUT2D eigenvalue weighted by Gasteiger charge is -2.29. The largest absolute Gasteiger partial charge is 1.00 e. The third-order valence-electron chi connectivity index (χ3n) is 4.94. The molecule has 0 amide bonds. The third-order valence-corrected chi connectivity index (χ3v) is 9.99. The van der Waals surface area contributed by atoms with E-state index in [1.54, 1.807) is 18.5 Å². The van der Waals surface area contributed by atoms with Crippen LogP contribution in [0.1, 0.15) is 106 Å². The van der Waals surface area contributed by atoms with Gasteiger partial charge < -0.3 is 14.4 Å². The first-order valence-electron chi connectivity index (χ1n) is 11.1. The van der Waals surface area contributed by atoms with Crippen molar-refractivity contribution in [2.24, 2.45) is 0 Å². The molecule has 0 atom stereocenters. The van der Waals surface area contributed by atoms with Crippen molar-refractivity contribution in [3.63, 3.8) is 0 Å². The van der Waals surface area contributed by atoms with E-state index in [9.17, 15) is 14.4 Å². The van der Waals surface area contributed by atoms with Crippen molar-refractivity contribution in [3.05, 3.63) is 0 Å². The highest BCUT2D eigenvalue weighted by molar-refractivity contribution is 7.75. The van der Waals surface area contributed by atoms with Gasteiger partial charge in [0, 0.05) is 13.9 Å². The van der Waals surface area contributed by atoms with Crippen LogP contribution in [0.2, 0.25) is 0 Å². The average molecular weight is 411 g/mol. The van der Waals surface area contributed by atoms with Gasteiger partial charge in [0.1, 0.15) is 0 Å². The highest BCUT2D eigenvalue weighted by Crippen LogP contribution is 2.57. The summed E-state index contributed by atoms with van der Waals surface area (Å²) in [4.78, 5) is 20.4. The lowest BCUT2D eigenvalue weighted by molar-refractivity contribution is -0.313. The molecular formula is C21H48O3P2. The Morgan fingerprint density at radius 2 is 1.00 bits per heavy atom. The van der Waals surface area contributed by atoms with Gasteiger partial charge in [-0.3, -0.25) is 0 Å². The Hall–Kier alpha value is 0.580. The number of hydrogen-bond acceptors (Lipinski definition) is 3. The molecule has 0 bridgehead atoms. The van der Waals surface area contributed by atoms with Crippen LogP contribution in [0.4, 0.5) is 0 Å². The van der Waals surface area contributed by atoms with E-state index >= 15 is 0 Å². The normalized spacial score (nSPS) is 12.0. The fourth-order valence-electron chi connectivity index (χ4n) is 3.04. The molecule has 0 unspecified atom stereocenters. The van der Waals surface area contributed by atoms with Crippen LogP contribution in [-0.2, 0) is 4.57 Å². The van der Waals surface area contributed by atoms with E-state index < -0.39 is 14.9 Å². The van der Waals surface area contributed by atoms with Gasteiger partial charge in [-0.2, -0.15) is 0 Å². The quantitative estimate of drug-likeness (QED) is 0.218. The monoisotopic (exact) mass is 410 g/mol. The van der Waals surface area contributed by atoms with Crippen LogP contribution in [0.25, 0.3) is 0 Å². The predicted molar refractivity (Wildman–Crippen MR) is 119 cm³/mol. The molecular weight excluding hydrogens is 362 g/mol. The van der Waals surface area contributed by atoms with E-state index in [4.69, 9.17) is 0 Å². The highest BCUT2D eigenvalue weighted by Gasteiger charge is 2.28. The molecule has 0 aromatic rings. The van der Waals surface area contributed by atoms with Crippen LogP contribution < -0.4 is 9.79 Å². The predicted octanol–water partition coefficient (Wildman–Crippen LogP) is 6.41. The molecule has 0 radical (unpaired) electrons. The Labute approximate surface area is 167 Å². The molecule has 0 aliphatic rings. The molecule has 0 rings (SSSR count). The molecule has 160 valence electrons. The summed E-state index contributed by atoms with van der Waals surface area (Å²) >= 11 is 0. The minimum Gasteiger partial charge on any atom is -0.811 e. The molecule has 0 N–H and O–H groups in total. The van der Waals surface area contributed by atoms with Crippen molar-refractivity contribution < 1.29 is 15.8 Å². The number of unbranched alkanes of at least 4 members (excludes halogenated alkanes) is 8. The van der Waals surface area contributed by atoms with E-state index in [0.717, 1.165) is 19.3 Å². The van der Waals surface area contributed by atoms with Gasteiger partial charge in [0.2, 0.25) is 0 Å². The molecule has 5 heteroatoms. The standard InChI is InChI=1S/C13H30P.C8H19O3P/c1-5-8-11-14(4,12-9-6-2)13-10-7-3;1-2-3-4-5-6-7-8-12(9,10)11/h5-13H2,1-4H3;2-8H2,1H3,(H2,9,10,11)/q+1;/p-1. The molecule has 0 spiro atoms. The van der Waals surface area contributed by atoms with Gasteiger partial charge in [-0.25, -0.2) is 0 Å². The molecule has 26 heavy (non-hydrogen) atoms. The fourth-order valence-corrected chi connectivity index (χ4v) is 7.56. The van der Waals surface area contributed by atoms with Crippen LogP contribution in [0, 0.1) is 0 Å². The molecule has 3 nitrogen and oxygen atoms in total. The summed E-state index contributed by atoms with van der Waals surface area (Å²) in [6.45, 7) is 11.7. The molecule has 0 saturated heterocycles. The number of hydrogen-bond donors (Lipinski definition) is 0. The summed E-state index contributed by atoms with van der Waals surface area (Å²) in [7, 11) is -4.74. The maximum Gasteiger partial charge on any atom is 1.00 e. The van der Waals surface area contributed by atoms with Crippen LogP contribution in [0.5, 0.6) is 0 Å². The second-order valence-electron chi connectivity index (χ2n) is 7.95. The van der Waals surface area contributed by atoms with Gasteiger partial charge in [0.05, 0.1) is 18.5 Å². The van der Waals surface area contributed by atoms with Crippen molar-refractivity contribution in [2.75, 3.05) is 31.3 Å². The van der Waals surface area contributed by atoms with E-state index in [1.165, 1.54) is 51.4 Å². The lowest BCUT2D eigenvalue weighted by atomic mass is 10.1. The van der Waals surface area contributed by atoms with Crippen LogP contribution in [-0.4, -0.2) is 31.3 Å². The van der Waals surface area contributed by atoms with Crippen molar-refractivity contribution in [2.45, 2.75) is 105 Å². The highest BCUT2D eigenvalue weighted by atomic mass is 31.2. The van der Waals surface area contributed by atoms with Crippen molar-refractivity contribution >= 4 is 14.9 Å². The topological polar surface area (TPSA) is 63.2 Å². The zero-order chi connectivity index (χ0) is 20.3. The molecule has 0 aromatic carbocycles. The second kappa shape index (κ2) is 18.9. The maximum atomic E-state index is 10.2. The summed E-state index contributed by atoms with van der Waals surface area (Å²) in [5, 5.41) is 0. The molecule has 0 aromatic heterocycles. The summed E-state index contributed by atoms with van der Waals surface area (Å²) in [6.07, 6.45) is 19.1. The van der Waals surface area contributed by atoms with Gasteiger partial charge >= 0.3 is 1.43 Å². The SMILES string of the molecule is CCCCCCCCP(=O)([O-])[O-].CCCC[P+](C)(CCCC)CCCC.[H+]. The van der Waals surface area contributed by atoms with Crippen molar-refractivity contribution in [1.29, 1.82) is 0 Å². The Bertz CT molecular complexity index is 314. The van der Waals surface area contributed by atoms with Crippen LogP contribution in [0.3, 0.4) is 0 Å². The summed E-state index contributed by atoms with van der Waals surface area (Å²) in [5.41, 5.74) is 0. The molecule has 0 saturated carbocycles. The zero-order valence-electron chi connectivity index (χ0n) is 19.4. The third kappa shape index (κ3) is 22.6. The summed E-state index contributed by atoms with van der Waals surface area (Å²) in [6, 6.07) is 0. The Morgan fingerprint density at radius 1 is 0.654 bits per heavy atom. The van der Waals surface area contributed by atoms with E-state index in [1.807, 2.05) is 0 Å². The first-order chi connectivity index (χ1) is 12.2. The Balaban J connectivity index is -0.000000416. The molecule has 0 aliphatic heterocycles. The first-order valence-corrected chi connectivity index (χ1v) is 15.6. The second-order valence-corrected chi connectivity index (χ2v) is 14.2. The minimum atomic E-state index is -4.22. The lowest BCUT2D eigenvalue weighted by Crippen LogP contribution is -2.16. The maximum absolute atomic E-state index is 10.2. The Kier molecular flexibility index (Phi) is 20.9. The van der Waals surface area contributed by atoms with E-state index in [0.29, 0.717) is 6.42 Å². The van der Waals surface area contributed by atoms with Crippen molar-refractivity contribution in [3.8, 4) is 0 Å². The minimum absolute atomic E-state index is 0. The van der Waals surface area contributed by atoms with Crippen LogP contribution >= 0.6 is 14.9 Å². The van der Waals surface area contributed by atoms with E-state index in [2.05, 4.69) is 34.4 Å². The number of rotatable bonds is 16. The summed E-state index contributed by atoms with van der Waals surface area (Å²) in [5.74, 6) is 0. The van der Waals surface area contributed by atoms with E-state index in [-0.39, 0.29) is 7.59 Å². The van der Waals surface area contributed by atoms with Gasteiger partial charge in [-0.15, -0.1) is 0 Å². The van der Waals surface area contributed by atoms with Crippen LogP contribution in [0.15, 0.2) is 0 Å². The molecule has 0 aliphatic carbocycles. The zero-order valence-corrected chi connectivity index (χ0v) is 20.2. The van der Waals surface area contributed by atoms with Crippen molar-refractivity contribution in [1.82, 2.24) is 0 Å². The molecule has 0 fully saturated rings. The Morgan fingerprint density at radius 3 is 1.35 bits per heavy atom. The average Bonchev–Trinajstić information content (AvgIpc) is 2.59. The van der Waals surface area contributed by atoms with Gasteiger partial charge in [-0.05, 0) is 31.8 Å². The van der Waals surface area contributed by atoms with Gasteiger partial charge in [0.15, 0.2) is 0 Å². The molecule has 0 heterocycles. The first kappa shape index (κ1) is 28.8. The van der Waals surface area contributed by atoms with Gasteiger partial charge in [0.25, 0.3) is 0 Å².